The Morgan fingerprint density at radius 2 is 2.17 bits per heavy atom. The highest BCUT2D eigenvalue weighted by Gasteiger charge is 2.15. The second-order valence-electron chi connectivity index (χ2n) is 5.76. The maximum absolute atomic E-state index is 12.7. The molecule has 0 saturated carbocycles. The average Bonchev–Trinajstić information content (AvgIpc) is 3.40. The molecule has 0 aliphatic rings. The molecule has 0 aliphatic heterocycles. The first-order valence-electron chi connectivity index (χ1n) is 8.50. The smallest absolute Gasteiger partial charge is 0.413 e. The van der Waals surface area contributed by atoms with E-state index in [4.69, 9.17) is 4.74 Å². The molecule has 0 fully saturated rings. The summed E-state index contributed by atoms with van der Waals surface area (Å²) in [5, 5.41) is 13.4. The lowest BCUT2D eigenvalue weighted by atomic mass is 10.2. The number of carbonyl (C=O) groups is 1. The van der Waals surface area contributed by atoms with E-state index in [9.17, 15) is 9.59 Å². The Balaban J connectivity index is 1.49. The lowest BCUT2D eigenvalue weighted by molar-refractivity contribution is 0.168. The number of nitrogens with one attached hydrogen (secondary N) is 2. The molecule has 0 radical (unpaired) electrons. The number of aryl methyl sites for hydroxylation is 1. The number of fused-ring (bicyclic) bond motifs is 1. The number of H-pyrrole nitrogens is 1. The van der Waals surface area contributed by atoms with Crippen LogP contribution in [-0.2, 0) is 10.5 Å². The molecule has 2 N–H and O–H groups in total. The summed E-state index contributed by atoms with van der Waals surface area (Å²) < 4.78 is 5.46. The second kappa shape index (κ2) is 8.61. The van der Waals surface area contributed by atoms with Crippen LogP contribution in [-0.4, -0.2) is 32.9 Å². The number of hydrogen-bond acceptors (Lipinski definition) is 10. The van der Waals surface area contributed by atoms with E-state index in [1.54, 1.807) is 18.3 Å². The van der Waals surface area contributed by atoms with E-state index >= 15 is 0 Å². The zero-order valence-corrected chi connectivity index (χ0v) is 18.6. The molecule has 0 spiro atoms. The highest BCUT2D eigenvalue weighted by Crippen LogP contribution is 2.35. The molecule has 4 aromatic heterocycles. The average molecular weight is 466 g/mol. The molecule has 8 nitrogen and oxygen atoms in total. The topological polar surface area (TPSA) is 110 Å². The van der Waals surface area contributed by atoms with E-state index in [1.807, 2.05) is 24.4 Å². The summed E-state index contributed by atoms with van der Waals surface area (Å²) >= 11 is 5.74. The molecular weight excluding hydrogens is 450 g/mol. The first-order valence-corrected chi connectivity index (χ1v) is 12.0. The third-order valence-electron chi connectivity index (χ3n) is 3.72. The molecule has 4 rings (SSSR count). The predicted molar refractivity (Wildman–Crippen MR) is 118 cm³/mol. The summed E-state index contributed by atoms with van der Waals surface area (Å²) in [4.78, 5) is 34.5. The Hall–Kier alpha value is -2.28. The van der Waals surface area contributed by atoms with Gasteiger partial charge in [0.2, 0.25) is 5.13 Å². The molecule has 12 heteroatoms. The van der Waals surface area contributed by atoms with Crippen molar-refractivity contribution in [1.82, 2.24) is 20.2 Å². The van der Waals surface area contributed by atoms with Crippen molar-refractivity contribution < 1.29 is 9.53 Å². The third-order valence-corrected chi connectivity index (χ3v) is 7.61. The van der Waals surface area contributed by atoms with E-state index in [-0.39, 0.29) is 12.2 Å². The van der Waals surface area contributed by atoms with Crippen LogP contribution in [0.1, 0.15) is 17.6 Å². The monoisotopic (exact) mass is 465 g/mol. The van der Waals surface area contributed by atoms with Crippen LogP contribution in [0, 0.1) is 6.92 Å². The SMILES string of the molecule is CCOC(=O)Nc1nnc(SCc2nc3scc(-c4ccc(C)s4)c3c(=O)[nH]2)s1. The van der Waals surface area contributed by atoms with Crippen LogP contribution in [0.3, 0.4) is 0 Å². The van der Waals surface area contributed by atoms with Gasteiger partial charge >= 0.3 is 6.09 Å². The maximum Gasteiger partial charge on any atom is 0.413 e. The van der Waals surface area contributed by atoms with Gasteiger partial charge in [-0.15, -0.1) is 32.9 Å². The van der Waals surface area contributed by atoms with Crippen LogP contribution >= 0.6 is 45.8 Å². The number of anilines is 1. The van der Waals surface area contributed by atoms with Gasteiger partial charge in [-0.05, 0) is 26.0 Å². The number of rotatable bonds is 6. The quantitative estimate of drug-likeness (QED) is 0.313. The van der Waals surface area contributed by atoms with Gasteiger partial charge < -0.3 is 9.72 Å². The number of ether oxygens (including phenoxy) is 1. The van der Waals surface area contributed by atoms with Gasteiger partial charge in [-0.25, -0.2) is 9.78 Å². The zero-order chi connectivity index (χ0) is 20.4. The van der Waals surface area contributed by atoms with E-state index < -0.39 is 6.09 Å². The van der Waals surface area contributed by atoms with Gasteiger partial charge in [0.1, 0.15) is 10.7 Å². The molecule has 0 atom stereocenters. The predicted octanol–water partition coefficient (Wildman–Crippen LogP) is 4.73. The van der Waals surface area contributed by atoms with E-state index in [2.05, 4.69) is 25.5 Å². The Morgan fingerprint density at radius 3 is 2.93 bits per heavy atom. The van der Waals surface area contributed by atoms with Gasteiger partial charge in [-0.3, -0.25) is 10.1 Å². The zero-order valence-electron chi connectivity index (χ0n) is 15.3. The number of nitrogens with zero attached hydrogens (tertiary/aromatic N) is 3. The van der Waals surface area contributed by atoms with Crippen LogP contribution in [0.15, 0.2) is 26.6 Å². The molecule has 29 heavy (non-hydrogen) atoms. The van der Waals surface area contributed by atoms with Gasteiger partial charge in [0, 0.05) is 20.7 Å². The van der Waals surface area contributed by atoms with Crippen molar-refractivity contribution in [1.29, 1.82) is 0 Å². The maximum atomic E-state index is 12.7. The molecular formula is C17H15N5O3S4. The van der Waals surface area contributed by atoms with Crippen LogP contribution in [0.4, 0.5) is 9.93 Å². The number of amides is 1. The van der Waals surface area contributed by atoms with E-state index in [0.717, 1.165) is 10.4 Å². The molecule has 0 aromatic carbocycles. The Labute approximate surface area is 181 Å². The molecule has 1 amide bonds. The van der Waals surface area contributed by atoms with Crippen LogP contribution in [0.25, 0.3) is 20.7 Å². The van der Waals surface area contributed by atoms with Crippen LogP contribution in [0.2, 0.25) is 0 Å². The molecule has 150 valence electrons. The number of aromatic amines is 1. The van der Waals surface area contributed by atoms with Gasteiger partial charge in [0.15, 0.2) is 4.34 Å². The first-order chi connectivity index (χ1) is 14.0. The summed E-state index contributed by atoms with van der Waals surface area (Å²) in [6, 6.07) is 4.07. The molecule has 0 unspecified atom stereocenters. The summed E-state index contributed by atoms with van der Waals surface area (Å²) in [5.41, 5.74) is 0.782. The highest BCUT2D eigenvalue weighted by atomic mass is 32.2. The Morgan fingerprint density at radius 1 is 1.31 bits per heavy atom. The normalized spacial score (nSPS) is 11.1. The van der Waals surface area contributed by atoms with E-state index in [1.165, 1.54) is 39.3 Å². The molecule has 0 bridgehead atoms. The largest absolute Gasteiger partial charge is 0.450 e. The van der Waals surface area contributed by atoms with Crippen molar-refractivity contribution in [3.05, 3.63) is 38.6 Å². The van der Waals surface area contributed by atoms with Crippen molar-refractivity contribution in [2.75, 3.05) is 11.9 Å². The molecule has 0 aliphatic carbocycles. The van der Waals surface area contributed by atoms with Gasteiger partial charge in [0.05, 0.1) is 17.7 Å². The summed E-state index contributed by atoms with van der Waals surface area (Å²) in [5.74, 6) is 1.00. The Kier molecular flexibility index (Phi) is 5.94. The summed E-state index contributed by atoms with van der Waals surface area (Å²) in [6.45, 7) is 4.05. The minimum absolute atomic E-state index is 0.144. The number of aromatic nitrogens is 4. The molecule has 4 aromatic rings. The second-order valence-corrected chi connectivity index (χ2v) is 10.1. The summed E-state index contributed by atoms with van der Waals surface area (Å²) in [7, 11) is 0. The van der Waals surface area contributed by atoms with Gasteiger partial charge in [0.25, 0.3) is 5.56 Å². The lowest BCUT2D eigenvalue weighted by Gasteiger charge is -2.00. The first kappa shape index (κ1) is 20.0. The van der Waals surface area contributed by atoms with E-state index in [0.29, 0.717) is 31.3 Å². The Bertz CT molecular complexity index is 1230. The van der Waals surface area contributed by atoms with Crippen molar-refractivity contribution in [3.63, 3.8) is 0 Å². The van der Waals surface area contributed by atoms with Crippen LogP contribution < -0.4 is 10.9 Å². The standard InChI is InChI=1S/C17H15N5O3S4/c1-3-25-16(24)20-15-21-22-17(29-15)27-7-11-18-13(23)12-9(6-26-14(12)19-11)10-5-4-8(2)28-10/h4-6H,3,7H2,1-2H3,(H,18,19,23)(H,20,21,24). The van der Waals surface area contributed by atoms with Crippen molar-refractivity contribution in [2.45, 2.75) is 23.9 Å². The third kappa shape index (κ3) is 4.50. The lowest BCUT2D eigenvalue weighted by Crippen LogP contribution is -2.12. The minimum atomic E-state index is -0.564. The fourth-order valence-electron chi connectivity index (χ4n) is 2.53. The van der Waals surface area contributed by atoms with Crippen molar-refractivity contribution in [3.8, 4) is 10.4 Å². The minimum Gasteiger partial charge on any atom is -0.450 e. The highest BCUT2D eigenvalue weighted by molar-refractivity contribution is 8.00. The van der Waals surface area contributed by atoms with Crippen molar-refractivity contribution >= 4 is 67.2 Å². The van der Waals surface area contributed by atoms with Crippen molar-refractivity contribution in [2.24, 2.45) is 0 Å². The van der Waals surface area contributed by atoms with Crippen LogP contribution in [0.5, 0.6) is 0 Å². The molecule has 0 saturated heterocycles. The number of thioether (sulfide) groups is 1. The fraction of sp³-hybridized carbons (Fsp3) is 0.235. The molecule has 4 heterocycles. The number of carbonyl (C=O) groups excluding carboxylic acids is 1. The summed E-state index contributed by atoms with van der Waals surface area (Å²) in [6.07, 6.45) is -0.564. The van der Waals surface area contributed by atoms with Gasteiger partial charge in [-0.1, -0.05) is 23.1 Å². The van der Waals surface area contributed by atoms with Gasteiger partial charge in [-0.2, -0.15) is 0 Å². The number of thiophene rings is 2. The fourth-order valence-corrected chi connectivity index (χ4v) is 6.06. The number of hydrogen-bond donors (Lipinski definition) is 2.